The van der Waals surface area contributed by atoms with E-state index >= 15 is 0 Å². The molecule has 1 fully saturated rings. The number of rotatable bonds is 8. The molecular weight excluding hydrogens is 248 g/mol. The molecule has 0 aromatic rings. The molecule has 0 bridgehead atoms. The molecule has 1 rings (SSSR count). The van der Waals surface area contributed by atoms with Crippen LogP contribution in [-0.4, -0.2) is 55.4 Å². The number of amides is 2. The van der Waals surface area contributed by atoms with Crippen molar-refractivity contribution in [2.24, 2.45) is 5.92 Å². The van der Waals surface area contributed by atoms with E-state index in [0.717, 1.165) is 32.4 Å². The van der Waals surface area contributed by atoms with Gasteiger partial charge in [-0.25, -0.2) is 4.79 Å². The third-order valence-corrected chi connectivity index (χ3v) is 3.39. The van der Waals surface area contributed by atoms with Gasteiger partial charge in [0, 0.05) is 39.8 Å². The van der Waals surface area contributed by atoms with Crippen LogP contribution in [0, 0.1) is 5.92 Å². The smallest absolute Gasteiger partial charge is 0.317 e. The summed E-state index contributed by atoms with van der Waals surface area (Å²) in [5.41, 5.74) is 0. The first-order chi connectivity index (χ1) is 9.13. The lowest BCUT2D eigenvalue weighted by atomic mass is 10.0. The molecule has 0 saturated carbocycles. The molecule has 2 N–H and O–H groups in total. The third-order valence-electron chi connectivity index (χ3n) is 3.39. The van der Waals surface area contributed by atoms with Crippen LogP contribution in [0.1, 0.15) is 32.1 Å². The number of carboxylic acids is 1. The zero-order chi connectivity index (χ0) is 14.1. The van der Waals surface area contributed by atoms with Gasteiger partial charge in [0.15, 0.2) is 0 Å². The molecule has 1 aliphatic heterocycles. The van der Waals surface area contributed by atoms with Crippen molar-refractivity contribution >= 4 is 12.0 Å². The molecule has 19 heavy (non-hydrogen) atoms. The number of hydrogen-bond donors (Lipinski definition) is 2. The van der Waals surface area contributed by atoms with Crippen molar-refractivity contribution in [1.82, 2.24) is 10.2 Å². The summed E-state index contributed by atoms with van der Waals surface area (Å²) in [6.07, 6.45) is 3.61. The van der Waals surface area contributed by atoms with Crippen LogP contribution in [0.5, 0.6) is 0 Å². The largest absolute Gasteiger partial charge is 0.481 e. The second-order valence-electron chi connectivity index (χ2n) is 4.96. The Morgan fingerprint density at radius 3 is 2.89 bits per heavy atom. The van der Waals surface area contributed by atoms with Gasteiger partial charge >= 0.3 is 12.0 Å². The van der Waals surface area contributed by atoms with Crippen molar-refractivity contribution in [1.29, 1.82) is 0 Å². The van der Waals surface area contributed by atoms with E-state index in [1.165, 1.54) is 0 Å². The highest BCUT2D eigenvalue weighted by Crippen LogP contribution is 2.20. The topological polar surface area (TPSA) is 78.9 Å². The van der Waals surface area contributed by atoms with Crippen molar-refractivity contribution in [2.75, 3.05) is 33.4 Å². The van der Waals surface area contributed by atoms with Gasteiger partial charge in [0.25, 0.3) is 0 Å². The van der Waals surface area contributed by atoms with E-state index in [1.54, 1.807) is 12.0 Å². The first-order valence-corrected chi connectivity index (χ1v) is 6.87. The molecule has 0 aromatic carbocycles. The zero-order valence-electron chi connectivity index (χ0n) is 11.6. The molecule has 1 unspecified atom stereocenters. The monoisotopic (exact) mass is 272 g/mol. The molecule has 6 nitrogen and oxygen atoms in total. The highest BCUT2D eigenvalue weighted by molar-refractivity contribution is 5.74. The molecule has 0 aliphatic carbocycles. The van der Waals surface area contributed by atoms with E-state index < -0.39 is 5.97 Å². The molecule has 0 radical (unpaired) electrons. The van der Waals surface area contributed by atoms with Gasteiger partial charge in [-0.2, -0.15) is 0 Å². The minimum Gasteiger partial charge on any atom is -0.481 e. The van der Waals surface area contributed by atoms with Crippen molar-refractivity contribution in [3.8, 4) is 0 Å². The van der Waals surface area contributed by atoms with Gasteiger partial charge in [0.05, 0.1) is 0 Å². The highest BCUT2D eigenvalue weighted by atomic mass is 16.5. The maximum atomic E-state index is 11.8. The van der Waals surface area contributed by atoms with Crippen LogP contribution in [-0.2, 0) is 9.53 Å². The summed E-state index contributed by atoms with van der Waals surface area (Å²) in [6.45, 7) is 2.79. The molecule has 1 atom stereocenters. The Morgan fingerprint density at radius 1 is 1.42 bits per heavy atom. The average Bonchev–Trinajstić information content (AvgIpc) is 2.84. The Bertz CT molecular complexity index is 296. The van der Waals surface area contributed by atoms with E-state index in [1.807, 2.05) is 0 Å². The van der Waals surface area contributed by atoms with Crippen molar-refractivity contribution in [2.45, 2.75) is 32.1 Å². The van der Waals surface area contributed by atoms with E-state index in [2.05, 4.69) is 5.32 Å². The second-order valence-corrected chi connectivity index (χ2v) is 4.96. The number of urea groups is 1. The summed E-state index contributed by atoms with van der Waals surface area (Å²) in [4.78, 5) is 24.1. The molecule has 1 aliphatic rings. The maximum absolute atomic E-state index is 11.8. The van der Waals surface area contributed by atoms with E-state index in [0.29, 0.717) is 25.4 Å². The zero-order valence-corrected chi connectivity index (χ0v) is 11.6. The predicted octanol–water partition coefficient (Wildman–Crippen LogP) is 1.31. The normalized spacial score (nSPS) is 18.6. The number of unbranched alkanes of at least 4 members (excludes halogenated alkanes) is 1. The van der Waals surface area contributed by atoms with Gasteiger partial charge in [0.1, 0.15) is 0 Å². The Hall–Kier alpha value is -1.30. The van der Waals surface area contributed by atoms with Gasteiger partial charge in [-0.05, 0) is 31.6 Å². The fraction of sp³-hybridized carbons (Fsp3) is 0.846. The highest BCUT2D eigenvalue weighted by Gasteiger charge is 2.26. The molecule has 1 heterocycles. The second kappa shape index (κ2) is 8.74. The average molecular weight is 272 g/mol. The summed E-state index contributed by atoms with van der Waals surface area (Å²) in [5, 5.41) is 11.5. The summed E-state index contributed by atoms with van der Waals surface area (Å²) in [5.74, 6) is -0.434. The van der Waals surface area contributed by atoms with Gasteiger partial charge in [-0.1, -0.05) is 0 Å². The summed E-state index contributed by atoms with van der Waals surface area (Å²) < 4.78 is 4.94. The molecule has 2 amide bonds. The molecule has 0 spiro atoms. The van der Waals surface area contributed by atoms with Gasteiger partial charge in [-0.3, -0.25) is 4.79 Å². The Balaban J connectivity index is 2.11. The SMILES string of the molecule is COCCCCNC(=O)N1CCC(CCC(=O)O)C1. The van der Waals surface area contributed by atoms with Crippen molar-refractivity contribution in [3.05, 3.63) is 0 Å². The van der Waals surface area contributed by atoms with Crippen LogP contribution in [0.2, 0.25) is 0 Å². The number of hydrogen-bond acceptors (Lipinski definition) is 3. The summed E-state index contributed by atoms with van der Waals surface area (Å²) in [6, 6.07) is -0.0322. The lowest BCUT2D eigenvalue weighted by Crippen LogP contribution is -2.38. The summed E-state index contributed by atoms with van der Waals surface area (Å²) >= 11 is 0. The van der Waals surface area contributed by atoms with Gasteiger partial charge in [-0.15, -0.1) is 0 Å². The standard InChI is InChI=1S/C13H24N2O4/c1-19-9-3-2-7-14-13(18)15-8-6-11(10-15)4-5-12(16)17/h11H,2-10H2,1H3,(H,14,18)(H,16,17). The number of carbonyl (C=O) groups excluding carboxylic acids is 1. The third kappa shape index (κ3) is 6.42. The predicted molar refractivity (Wildman–Crippen MR) is 71.1 cm³/mol. The number of likely N-dealkylation sites (tertiary alicyclic amines) is 1. The molecule has 1 saturated heterocycles. The van der Waals surface area contributed by atoms with Crippen LogP contribution >= 0.6 is 0 Å². The summed E-state index contributed by atoms with van der Waals surface area (Å²) in [7, 11) is 1.67. The van der Waals surface area contributed by atoms with E-state index in [9.17, 15) is 9.59 Å². The van der Waals surface area contributed by atoms with Crippen LogP contribution in [0.25, 0.3) is 0 Å². The molecule has 110 valence electrons. The number of carboxylic acid groups (broad SMARTS) is 1. The minimum atomic E-state index is -0.763. The number of aliphatic carboxylic acids is 1. The van der Waals surface area contributed by atoms with Crippen LogP contribution in [0.4, 0.5) is 4.79 Å². The lowest BCUT2D eigenvalue weighted by Gasteiger charge is -2.17. The first-order valence-electron chi connectivity index (χ1n) is 6.87. The van der Waals surface area contributed by atoms with Crippen LogP contribution in [0.15, 0.2) is 0 Å². The van der Waals surface area contributed by atoms with Crippen LogP contribution in [0.3, 0.4) is 0 Å². The molecule has 6 heteroatoms. The number of nitrogens with zero attached hydrogens (tertiary/aromatic N) is 1. The van der Waals surface area contributed by atoms with Crippen molar-refractivity contribution < 1.29 is 19.4 Å². The minimum absolute atomic E-state index is 0.0322. The number of methoxy groups -OCH3 is 1. The van der Waals surface area contributed by atoms with Crippen molar-refractivity contribution in [3.63, 3.8) is 0 Å². The fourth-order valence-corrected chi connectivity index (χ4v) is 2.26. The van der Waals surface area contributed by atoms with Crippen LogP contribution < -0.4 is 5.32 Å². The molecule has 0 aromatic heterocycles. The van der Waals surface area contributed by atoms with Gasteiger partial charge < -0.3 is 20.1 Å². The van der Waals surface area contributed by atoms with Gasteiger partial charge in [0.2, 0.25) is 0 Å². The number of nitrogens with one attached hydrogen (secondary N) is 1. The Labute approximate surface area is 114 Å². The molecular formula is C13H24N2O4. The Kier molecular flexibility index (Phi) is 7.25. The quantitative estimate of drug-likeness (QED) is 0.653. The maximum Gasteiger partial charge on any atom is 0.317 e. The Morgan fingerprint density at radius 2 is 2.21 bits per heavy atom. The van der Waals surface area contributed by atoms with E-state index in [-0.39, 0.29) is 12.5 Å². The lowest BCUT2D eigenvalue weighted by molar-refractivity contribution is -0.137. The number of carbonyl (C=O) groups is 2. The number of ether oxygens (including phenoxy) is 1. The fourth-order valence-electron chi connectivity index (χ4n) is 2.26. The first kappa shape index (κ1) is 15.8. The van der Waals surface area contributed by atoms with E-state index in [4.69, 9.17) is 9.84 Å².